The SMILES string of the molecule is CCN1C=C2Sc3ccccc3N=C2c2ccccc21. The Morgan fingerprint density at radius 2 is 1.85 bits per heavy atom. The maximum atomic E-state index is 4.88. The monoisotopic (exact) mass is 278 g/mol. The van der Waals surface area contributed by atoms with E-state index in [-0.39, 0.29) is 0 Å². The fourth-order valence-corrected chi connectivity index (χ4v) is 3.69. The van der Waals surface area contributed by atoms with Crippen molar-refractivity contribution in [2.75, 3.05) is 11.4 Å². The molecule has 3 heteroatoms. The van der Waals surface area contributed by atoms with Crippen LogP contribution in [0.2, 0.25) is 0 Å². The Morgan fingerprint density at radius 3 is 2.75 bits per heavy atom. The number of aliphatic imine (C=N–C) groups is 1. The van der Waals surface area contributed by atoms with Crippen LogP contribution in [0.3, 0.4) is 0 Å². The van der Waals surface area contributed by atoms with Gasteiger partial charge >= 0.3 is 0 Å². The predicted molar refractivity (Wildman–Crippen MR) is 86.0 cm³/mol. The van der Waals surface area contributed by atoms with E-state index in [0.29, 0.717) is 0 Å². The highest BCUT2D eigenvalue weighted by Gasteiger charge is 2.26. The van der Waals surface area contributed by atoms with Crippen LogP contribution in [0.5, 0.6) is 0 Å². The average Bonchev–Trinajstić information content (AvgIpc) is 2.52. The van der Waals surface area contributed by atoms with Crippen molar-refractivity contribution in [1.29, 1.82) is 0 Å². The Morgan fingerprint density at radius 1 is 1.05 bits per heavy atom. The first-order valence-corrected chi connectivity index (χ1v) is 7.62. The van der Waals surface area contributed by atoms with Crippen LogP contribution >= 0.6 is 11.8 Å². The van der Waals surface area contributed by atoms with Crippen LogP contribution in [-0.4, -0.2) is 12.3 Å². The van der Waals surface area contributed by atoms with Crippen LogP contribution in [-0.2, 0) is 0 Å². The lowest BCUT2D eigenvalue weighted by Crippen LogP contribution is -2.25. The molecule has 0 atom stereocenters. The van der Waals surface area contributed by atoms with Gasteiger partial charge in [-0.15, -0.1) is 0 Å². The molecule has 0 saturated carbocycles. The van der Waals surface area contributed by atoms with Gasteiger partial charge in [-0.05, 0) is 25.1 Å². The van der Waals surface area contributed by atoms with Crippen molar-refractivity contribution in [3.8, 4) is 0 Å². The summed E-state index contributed by atoms with van der Waals surface area (Å²) in [5, 5.41) is 0. The number of benzene rings is 2. The first-order chi connectivity index (χ1) is 9.86. The Labute approximate surface area is 122 Å². The normalized spacial score (nSPS) is 15.8. The van der Waals surface area contributed by atoms with Gasteiger partial charge in [0.05, 0.1) is 22.0 Å². The molecule has 0 aromatic heterocycles. The van der Waals surface area contributed by atoms with E-state index in [9.17, 15) is 0 Å². The summed E-state index contributed by atoms with van der Waals surface area (Å²) in [6.45, 7) is 3.15. The fourth-order valence-electron chi connectivity index (χ4n) is 2.66. The lowest BCUT2D eigenvalue weighted by molar-refractivity contribution is 1.01. The Balaban J connectivity index is 1.95. The van der Waals surface area contributed by atoms with Crippen molar-refractivity contribution in [1.82, 2.24) is 0 Å². The summed E-state index contributed by atoms with van der Waals surface area (Å²) in [6, 6.07) is 16.8. The molecule has 0 aliphatic carbocycles. The van der Waals surface area contributed by atoms with Gasteiger partial charge in [0.1, 0.15) is 0 Å². The third-order valence-corrected chi connectivity index (χ3v) is 4.72. The number of rotatable bonds is 1. The molecule has 0 saturated heterocycles. The zero-order valence-electron chi connectivity index (χ0n) is 11.2. The second-order valence-electron chi connectivity index (χ2n) is 4.83. The highest BCUT2D eigenvalue weighted by molar-refractivity contribution is 8.04. The van der Waals surface area contributed by atoms with Crippen molar-refractivity contribution in [3.05, 3.63) is 65.2 Å². The lowest BCUT2D eigenvalue weighted by Gasteiger charge is -2.31. The molecule has 0 N–H and O–H groups in total. The third kappa shape index (κ3) is 1.70. The van der Waals surface area contributed by atoms with Crippen molar-refractivity contribution >= 4 is 28.8 Å². The van der Waals surface area contributed by atoms with Crippen molar-refractivity contribution in [2.24, 2.45) is 4.99 Å². The van der Waals surface area contributed by atoms with Gasteiger partial charge in [0, 0.05) is 23.2 Å². The highest BCUT2D eigenvalue weighted by atomic mass is 32.2. The summed E-state index contributed by atoms with van der Waals surface area (Å²) in [5.41, 5.74) is 4.66. The summed E-state index contributed by atoms with van der Waals surface area (Å²) < 4.78 is 0. The second-order valence-corrected chi connectivity index (χ2v) is 5.91. The van der Waals surface area contributed by atoms with Gasteiger partial charge in [-0.2, -0.15) is 0 Å². The molecular formula is C17H14N2S. The number of allylic oxidation sites excluding steroid dienone is 1. The number of fused-ring (bicyclic) bond motifs is 4. The number of hydrogen-bond acceptors (Lipinski definition) is 3. The molecule has 4 rings (SSSR count). The molecule has 2 aromatic rings. The van der Waals surface area contributed by atoms with Gasteiger partial charge < -0.3 is 4.90 Å². The quantitative estimate of drug-likeness (QED) is 0.758. The van der Waals surface area contributed by atoms with Crippen LogP contribution < -0.4 is 4.90 Å². The molecule has 0 radical (unpaired) electrons. The maximum absolute atomic E-state index is 4.88. The van der Waals surface area contributed by atoms with Crippen LogP contribution in [0, 0.1) is 0 Å². The summed E-state index contributed by atoms with van der Waals surface area (Å²) in [7, 11) is 0. The minimum absolute atomic E-state index is 0.968. The smallest absolute Gasteiger partial charge is 0.0884 e. The Hall–Kier alpha value is -2.00. The first-order valence-electron chi connectivity index (χ1n) is 6.80. The van der Waals surface area contributed by atoms with E-state index >= 15 is 0 Å². The standard InChI is InChI=1S/C17H14N2S/c1-2-19-11-16-17(12-7-3-5-9-14(12)19)18-13-8-4-6-10-15(13)20-16/h3-11H,2H2,1H3. The van der Waals surface area contributed by atoms with Crippen molar-refractivity contribution in [2.45, 2.75) is 11.8 Å². The molecule has 2 aliphatic rings. The molecule has 0 spiro atoms. The molecule has 0 bridgehead atoms. The molecule has 2 aromatic carbocycles. The molecular weight excluding hydrogens is 264 g/mol. The number of anilines is 1. The number of hydrogen-bond donors (Lipinski definition) is 0. The van der Waals surface area contributed by atoms with E-state index in [1.807, 2.05) is 17.8 Å². The Kier molecular flexibility index (Phi) is 2.67. The summed E-state index contributed by atoms with van der Waals surface area (Å²) in [5.74, 6) is 0. The second kappa shape index (κ2) is 4.53. The predicted octanol–water partition coefficient (Wildman–Crippen LogP) is 4.59. The van der Waals surface area contributed by atoms with Gasteiger partial charge in [0.15, 0.2) is 0 Å². The zero-order chi connectivity index (χ0) is 13.5. The molecule has 2 nitrogen and oxygen atoms in total. The van der Waals surface area contributed by atoms with Gasteiger partial charge in [-0.25, -0.2) is 4.99 Å². The Bertz CT molecular complexity index is 746. The van der Waals surface area contributed by atoms with Crippen LogP contribution in [0.25, 0.3) is 0 Å². The van der Waals surface area contributed by atoms with Gasteiger partial charge in [0.25, 0.3) is 0 Å². The highest BCUT2D eigenvalue weighted by Crippen LogP contribution is 2.44. The van der Waals surface area contributed by atoms with Crippen LogP contribution in [0.4, 0.5) is 11.4 Å². The molecule has 2 heterocycles. The topological polar surface area (TPSA) is 15.6 Å². The first kappa shape index (κ1) is 11.8. The van der Waals surface area contributed by atoms with E-state index in [1.54, 1.807) is 0 Å². The number of nitrogens with zero attached hydrogens (tertiary/aromatic N) is 2. The lowest BCUT2D eigenvalue weighted by atomic mass is 10.0. The largest absolute Gasteiger partial charge is 0.346 e. The fraction of sp³-hybridized carbons (Fsp3) is 0.118. The minimum atomic E-state index is 0.968. The van der Waals surface area contributed by atoms with E-state index < -0.39 is 0 Å². The number of thioether (sulfide) groups is 1. The van der Waals surface area contributed by atoms with E-state index in [2.05, 4.69) is 60.5 Å². The molecule has 20 heavy (non-hydrogen) atoms. The summed E-state index contributed by atoms with van der Waals surface area (Å²) in [6.07, 6.45) is 2.22. The average molecular weight is 278 g/mol. The molecule has 2 aliphatic heterocycles. The van der Waals surface area contributed by atoms with Crippen LogP contribution in [0.15, 0.2) is 69.5 Å². The van der Waals surface area contributed by atoms with Gasteiger partial charge in [0.2, 0.25) is 0 Å². The molecule has 0 unspecified atom stereocenters. The van der Waals surface area contributed by atoms with E-state index in [1.165, 1.54) is 21.1 Å². The summed E-state index contributed by atoms with van der Waals surface area (Å²) >= 11 is 1.81. The number of para-hydroxylation sites is 2. The third-order valence-electron chi connectivity index (χ3n) is 3.63. The minimum Gasteiger partial charge on any atom is -0.346 e. The molecule has 98 valence electrons. The van der Waals surface area contributed by atoms with E-state index in [0.717, 1.165) is 17.9 Å². The van der Waals surface area contributed by atoms with E-state index in [4.69, 9.17) is 4.99 Å². The molecule has 0 fully saturated rings. The maximum Gasteiger partial charge on any atom is 0.0884 e. The summed E-state index contributed by atoms with van der Waals surface area (Å²) in [4.78, 5) is 9.65. The molecule has 0 amide bonds. The zero-order valence-corrected chi connectivity index (χ0v) is 12.0. The van der Waals surface area contributed by atoms with Crippen LogP contribution in [0.1, 0.15) is 12.5 Å². The van der Waals surface area contributed by atoms with Gasteiger partial charge in [-0.1, -0.05) is 42.1 Å². The van der Waals surface area contributed by atoms with Gasteiger partial charge in [-0.3, -0.25) is 0 Å². The van der Waals surface area contributed by atoms with Crippen molar-refractivity contribution < 1.29 is 0 Å². The van der Waals surface area contributed by atoms with Crippen molar-refractivity contribution in [3.63, 3.8) is 0 Å².